The summed E-state index contributed by atoms with van der Waals surface area (Å²) in [6, 6.07) is 14.8. The summed E-state index contributed by atoms with van der Waals surface area (Å²) in [5, 5.41) is 1.13. The first-order chi connectivity index (χ1) is 13.4. The van der Waals surface area contributed by atoms with Crippen LogP contribution in [0.3, 0.4) is 0 Å². The number of aromatic nitrogens is 4. The molecule has 4 heterocycles. The van der Waals surface area contributed by atoms with Gasteiger partial charge in [-0.25, -0.2) is 4.98 Å². The smallest absolute Gasteiger partial charge is 0.140 e. The van der Waals surface area contributed by atoms with Crippen LogP contribution in [0.25, 0.3) is 22.3 Å². The third-order valence-electron chi connectivity index (χ3n) is 5.30. The maximum atomic E-state index is 5.85. The number of pyridine rings is 2. The highest BCUT2D eigenvalue weighted by atomic mass is 16.5. The molecule has 0 spiro atoms. The normalized spacial score (nSPS) is 19.6. The number of fused-ring (bicyclic) bond motifs is 1. The Hall–Kier alpha value is -3.05. The van der Waals surface area contributed by atoms with Gasteiger partial charge in [0.05, 0.1) is 24.8 Å². The zero-order valence-electron chi connectivity index (χ0n) is 14.9. The van der Waals surface area contributed by atoms with E-state index in [0.717, 1.165) is 35.3 Å². The second-order valence-corrected chi connectivity index (χ2v) is 6.99. The molecule has 5 heteroatoms. The Morgan fingerprint density at radius 1 is 0.963 bits per heavy atom. The lowest BCUT2D eigenvalue weighted by Gasteiger charge is -2.21. The number of imidazole rings is 1. The van der Waals surface area contributed by atoms with Gasteiger partial charge in [-0.1, -0.05) is 6.07 Å². The van der Waals surface area contributed by atoms with Gasteiger partial charge in [0.2, 0.25) is 0 Å². The molecule has 134 valence electrons. The van der Waals surface area contributed by atoms with Crippen molar-refractivity contribution in [1.82, 2.24) is 19.5 Å². The summed E-state index contributed by atoms with van der Waals surface area (Å²) >= 11 is 0. The molecule has 1 aliphatic heterocycles. The van der Waals surface area contributed by atoms with E-state index >= 15 is 0 Å². The van der Waals surface area contributed by atoms with Crippen molar-refractivity contribution in [3.63, 3.8) is 0 Å². The van der Waals surface area contributed by atoms with Gasteiger partial charge in [-0.05, 0) is 48.4 Å². The van der Waals surface area contributed by atoms with Crippen molar-refractivity contribution in [3.8, 4) is 11.4 Å². The van der Waals surface area contributed by atoms with Gasteiger partial charge in [-0.2, -0.15) is 0 Å². The number of nitrogens with zero attached hydrogens (tertiary/aromatic N) is 4. The largest absolute Gasteiger partial charge is 0.379 e. The predicted octanol–water partition coefficient (Wildman–Crippen LogP) is 3.92. The van der Waals surface area contributed by atoms with Gasteiger partial charge in [-0.3, -0.25) is 9.97 Å². The number of ether oxygens (including phenoxy) is 1. The summed E-state index contributed by atoms with van der Waals surface area (Å²) in [6.45, 7) is 1.49. The van der Waals surface area contributed by atoms with Crippen molar-refractivity contribution in [2.24, 2.45) is 5.92 Å². The van der Waals surface area contributed by atoms with E-state index in [1.165, 1.54) is 5.56 Å². The van der Waals surface area contributed by atoms with Crippen LogP contribution in [-0.4, -0.2) is 32.7 Å². The Morgan fingerprint density at radius 2 is 1.89 bits per heavy atom. The number of benzene rings is 1. The fourth-order valence-corrected chi connectivity index (χ4v) is 3.93. The van der Waals surface area contributed by atoms with Crippen molar-refractivity contribution >= 4 is 10.9 Å². The molecule has 5 rings (SSSR count). The first-order valence-corrected chi connectivity index (χ1v) is 9.23. The Morgan fingerprint density at radius 3 is 2.81 bits per heavy atom. The van der Waals surface area contributed by atoms with E-state index in [2.05, 4.69) is 62.1 Å². The molecule has 1 aliphatic rings. The number of hydrogen-bond acceptors (Lipinski definition) is 4. The minimum Gasteiger partial charge on any atom is -0.379 e. The maximum absolute atomic E-state index is 5.85. The van der Waals surface area contributed by atoms with Crippen LogP contribution in [0.5, 0.6) is 0 Å². The SMILES string of the molecule is c1cnc2ccc(-c3nccn3[C@@H]3COC[C@@H]3Cc3ccncc3)cc2c1. The molecule has 3 aromatic heterocycles. The van der Waals surface area contributed by atoms with E-state index in [1.807, 2.05) is 30.9 Å². The summed E-state index contributed by atoms with van der Waals surface area (Å²) in [5.41, 5.74) is 3.40. The second kappa shape index (κ2) is 6.93. The molecule has 1 fully saturated rings. The molecular weight excluding hydrogens is 336 g/mol. The zero-order chi connectivity index (χ0) is 18.1. The molecule has 2 atom stereocenters. The van der Waals surface area contributed by atoms with Gasteiger partial charge in [-0.15, -0.1) is 0 Å². The summed E-state index contributed by atoms with van der Waals surface area (Å²) in [7, 11) is 0. The van der Waals surface area contributed by atoms with Crippen molar-refractivity contribution in [1.29, 1.82) is 0 Å². The lowest BCUT2D eigenvalue weighted by Crippen LogP contribution is -2.20. The van der Waals surface area contributed by atoms with Gasteiger partial charge in [0.25, 0.3) is 0 Å². The molecule has 1 aromatic carbocycles. The lowest BCUT2D eigenvalue weighted by atomic mass is 9.95. The van der Waals surface area contributed by atoms with E-state index in [4.69, 9.17) is 4.74 Å². The second-order valence-electron chi connectivity index (χ2n) is 6.99. The van der Waals surface area contributed by atoms with E-state index in [-0.39, 0.29) is 6.04 Å². The molecule has 0 saturated carbocycles. The van der Waals surface area contributed by atoms with Crippen LogP contribution >= 0.6 is 0 Å². The van der Waals surface area contributed by atoms with Crippen molar-refractivity contribution in [2.75, 3.05) is 13.2 Å². The van der Waals surface area contributed by atoms with E-state index < -0.39 is 0 Å². The first-order valence-electron chi connectivity index (χ1n) is 9.23. The summed E-state index contributed by atoms with van der Waals surface area (Å²) < 4.78 is 8.13. The predicted molar refractivity (Wildman–Crippen MR) is 104 cm³/mol. The molecule has 5 nitrogen and oxygen atoms in total. The molecule has 0 bridgehead atoms. The standard InChI is InChI=1S/C22H20N4O/c1-2-17-13-18(3-4-20(17)24-7-1)22-25-10-11-26(22)21-15-27-14-19(21)12-16-5-8-23-9-6-16/h1-11,13,19,21H,12,14-15H2/t19-,21+/m0/s1. The monoisotopic (exact) mass is 356 g/mol. The minimum atomic E-state index is 0.278. The van der Waals surface area contributed by atoms with Crippen molar-refractivity contribution < 1.29 is 4.74 Å². The van der Waals surface area contributed by atoms with Crippen LogP contribution in [0, 0.1) is 5.92 Å². The van der Waals surface area contributed by atoms with Gasteiger partial charge in [0.15, 0.2) is 0 Å². The van der Waals surface area contributed by atoms with Crippen LogP contribution < -0.4 is 0 Å². The molecule has 0 N–H and O–H groups in total. The van der Waals surface area contributed by atoms with Crippen LogP contribution in [-0.2, 0) is 11.2 Å². The van der Waals surface area contributed by atoms with Gasteiger partial charge >= 0.3 is 0 Å². The molecule has 27 heavy (non-hydrogen) atoms. The van der Waals surface area contributed by atoms with Crippen LogP contribution in [0.4, 0.5) is 0 Å². The topological polar surface area (TPSA) is 52.8 Å². The van der Waals surface area contributed by atoms with Gasteiger partial charge in [0.1, 0.15) is 5.82 Å². The van der Waals surface area contributed by atoms with Crippen molar-refractivity contribution in [2.45, 2.75) is 12.5 Å². The van der Waals surface area contributed by atoms with E-state index in [1.54, 1.807) is 0 Å². The Bertz CT molecular complexity index is 1060. The Balaban J connectivity index is 1.48. The first kappa shape index (κ1) is 16.1. The highest BCUT2D eigenvalue weighted by Gasteiger charge is 2.31. The third-order valence-corrected chi connectivity index (χ3v) is 5.30. The molecule has 0 unspecified atom stereocenters. The molecule has 1 saturated heterocycles. The highest BCUT2D eigenvalue weighted by molar-refractivity contribution is 5.83. The highest BCUT2D eigenvalue weighted by Crippen LogP contribution is 2.33. The van der Waals surface area contributed by atoms with Crippen LogP contribution in [0.1, 0.15) is 11.6 Å². The average molecular weight is 356 g/mol. The summed E-state index contributed by atoms with van der Waals surface area (Å²) in [6.07, 6.45) is 10.5. The maximum Gasteiger partial charge on any atom is 0.140 e. The quantitative estimate of drug-likeness (QED) is 0.556. The lowest BCUT2D eigenvalue weighted by molar-refractivity contribution is 0.181. The van der Waals surface area contributed by atoms with E-state index in [0.29, 0.717) is 12.5 Å². The average Bonchev–Trinajstić information content (AvgIpc) is 3.37. The zero-order valence-corrected chi connectivity index (χ0v) is 14.9. The van der Waals surface area contributed by atoms with Gasteiger partial charge in [0, 0.05) is 47.9 Å². The molecule has 0 amide bonds. The Labute approximate surface area is 157 Å². The van der Waals surface area contributed by atoms with Crippen LogP contribution in [0.15, 0.2) is 73.4 Å². The number of hydrogen-bond donors (Lipinski definition) is 0. The Kier molecular flexibility index (Phi) is 4.14. The summed E-state index contributed by atoms with van der Waals surface area (Å²) in [4.78, 5) is 13.2. The minimum absolute atomic E-state index is 0.278. The van der Waals surface area contributed by atoms with E-state index in [9.17, 15) is 0 Å². The van der Waals surface area contributed by atoms with Gasteiger partial charge < -0.3 is 9.30 Å². The van der Waals surface area contributed by atoms with Crippen LogP contribution in [0.2, 0.25) is 0 Å². The molecule has 0 aliphatic carbocycles. The molecule has 4 aromatic rings. The number of rotatable bonds is 4. The molecular formula is C22H20N4O. The third kappa shape index (κ3) is 3.11. The molecule has 0 radical (unpaired) electrons. The fraction of sp³-hybridized carbons (Fsp3) is 0.227. The summed E-state index contributed by atoms with van der Waals surface area (Å²) in [5.74, 6) is 1.40. The van der Waals surface area contributed by atoms with Crippen molar-refractivity contribution in [3.05, 3.63) is 79.0 Å². The fourth-order valence-electron chi connectivity index (χ4n) is 3.93.